The molecule has 2 aliphatic heterocycles. The lowest BCUT2D eigenvalue weighted by Crippen LogP contribution is -2.48. The van der Waals surface area contributed by atoms with Crippen molar-refractivity contribution in [1.29, 1.82) is 0 Å². The number of benzene rings is 2. The summed E-state index contributed by atoms with van der Waals surface area (Å²) < 4.78 is 5.83. The van der Waals surface area contributed by atoms with Crippen LogP contribution >= 0.6 is 0 Å². The Morgan fingerprint density at radius 3 is 2.32 bits per heavy atom. The molecule has 0 aliphatic carbocycles. The molecule has 1 amide bonds. The largest absolute Gasteiger partial charge is 0.373 e. The van der Waals surface area contributed by atoms with Gasteiger partial charge in [0.2, 0.25) is 0 Å². The highest BCUT2D eigenvalue weighted by atomic mass is 16.5. The number of hydrogen-bond donors (Lipinski definition) is 0. The van der Waals surface area contributed by atoms with E-state index in [4.69, 9.17) is 4.74 Å². The predicted molar refractivity (Wildman–Crippen MR) is 135 cm³/mol. The van der Waals surface area contributed by atoms with Crippen LogP contribution in [0, 0.1) is 0 Å². The van der Waals surface area contributed by atoms with Gasteiger partial charge in [-0.15, -0.1) is 0 Å². The van der Waals surface area contributed by atoms with Crippen molar-refractivity contribution in [3.05, 3.63) is 77.5 Å². The molecule has 2 aromatic carbocycles. The van der Waals surface area contributed by atoms with Gasteiger partial charge in [0.25, 0.3) is 5.91 Å². The first-order valence-electron chi connectivity index (χ1n) is 12.4. The minimum absolute atomic E-state index is 0.131. The molecule has 5 rings (SSSR count). The minimum atomic E-state index is 0.131. The maximum absolute atomic E-state index is 13.1. The van der Waals surface area contributed by atoms with Crippen LogP contribution in [0.15, 0.2) is 60.8 Å². The van der Waals surface area contributed by atoms with Crippen LogP contribution in [0.25, 0.3) is 10.9 Å². The average Bonchev–Trinajstić information content (AvgIpc) is 2.84. The molecular formula is C28H34N4O2. The van der Waals surface area contributed by atoms with Crippen LogP contribution in [0.3, 0.4) is 0 Å². The van der Waals surface area contributed by atoms with E-state index in [9.17, 15) is 4.79 Å². The third kappa shape index (κ3) is 5.30. The maximum atomic E-state index is 13.1. The lowest BCUT2D eigenvalue weighted by atomic mass is 10.1. The summed E-state index contributed by atoms with van der Waals surface area (Å²) in [7, 11) is 0. The summed E-state index contributed by atoms with van der Waals surface area (Å²) >= 11 is 0. The average molecular weight is 459 g/mol. The molecule has 34 heavy (non-hydrogen) atoms. The Morgan fingerprint density at radius 2 is 1.59 bits per heavy atom. The van der Waals surface area contributed by atoms with E-state index in [1.54, 1.807) is 0 Å². The van der Waals surface area contributed by atoms with Crippen molar-refractivity contribution in [3.63, 3.8) is 0 Å². The summed E-state index contributed by atoms with van der Waals surface area (Å²) in [4.78, 5) is 24.5. The highest BCUT2D eigenvalue weighted by Gasteiger charge is 2.24. The molecular weight excluding hydrogens is 424 g/mol. The van der Waals surface area contributed by atoms with E-state index < -0.39 is 0 Å². The lowest BCUT2D eigenvalue weighted by molar-refractivity contribution is -0.0704. The van der Waals surface area contributed by atoms with Crippen LogP contribution in [0.5, 0.6) is 0 Å². The third-order valence-electron chi connectivity index (χ3n) is 6.87. The monoisotopic (exact) mass is 458 g/mol. The number of aromatic nitrogens is 1. The molecule has 0 spiro atoms. The number of morpholine rings is 1. The van der Waals surface area contributed by atoms with Gasteiger partial charge in [-0.25, -0.2) is 0 Å². The first kappa shape index (κ1) is 23.0. The fraction of sp³-hybridized carbons (Fsp3) is 0.429. The maximum Gasteiger partial charge on any atom is 0.253 e. The van der Waals surface area contributed by atoms with Gasteiger partial charge >= 0.3 is 0 Å². The van der Waals surface area contributed by atoms with Gasteiger partial charge < -0.3 is 9.64 Å². The van der Waals surface area contributed by atoms with E-state index >= 15 is 0 Å². The Morgan fingerprint density at radius 1 is 0.882 bits per heavy atom. The van der Waals surface area contributed by atoms with E-state index in [0.717, 1.165) is 63.4 Å². The number of hydrogen-bond acceptors (Lipinski definition) is 5. The second kappa shape index (κ2) is 10.2. The van der Waals surface area contributed by atoms with Crippen molar-refractivity contribution < 1.29 is 9.53 Å². The number of nitrogens with zero attached hydrogens (tertiary/aromatic N) is 4. The Bertz CT molecular complexity index is 1110. The molecule has 2 saturated heterocycles. The van der Waals surface area contributed by atoms with Crippen LogP contribution in [-0.4, -0.2) is 77.1 Å². The van der Waals surface area contributed by atoms with Crippen molar-refractivity contribution >= 4 is 16.8 Å². The summed E-state index contributed by atoms with van der Waals surface area (Å²) in [5, 5.41) is 1.18. The summed E-state index contributed by atoms with van der Waals surface area (Å²) in [6, 6.07) is 18.6. The molecule has 2 fully saturated rings. The van der Waals surface area contributed by atoms with Crippen LogP contribution < -0.4 is 0 Å². The number of pyridine rings is 1. The molecule has 6 nitrogen and oxygen atoms in total. The predicted octanol–water partition coefficient (Wildman–Crippen LogP) is 3.80. The Kier molecular flexibility index (Phi) is 6.90. The van der Waals surface area contributed by atoms with Crippen LogP contribution in [-0.2, 0) is 17.8 Å². The standard InChI is InChI=1S/C28H34N4O2/c1-21-17-31(18-22(2)34-21)19-23-8-10-25(11-9-23)28(33)32-15-13-30(14-16-32)20-26-6-3-5-24-7-4-12-29-27(24)26/h3-12,21-22H,13-20H2,1-2H3. The van der Waals surface area contributed by atoms with Gasteiger partial charge in [-0.2, -0.15) is 0 Å². The zero-order valence-electron chi connectivity index (χ0n) is 20.2. The molecule has 0 radical (unpaired) electrons. The number of para-hydroxylation sites is 1. The number of carbonyl (C=O) groups excluding carboxylic acids is 1. The normalized spacial score (nSPS) is 22.2. The van der Waals surface area contributed by atoms with Gasteiger partial charge in [0.05, 0.1) is 17.7 Å². The number of fused-ring (bicyclic) bond motifs is 1. The van der Waals surface area contributed by atoms with Gasteiger partial charge in [-0.1, -0.05) is 36.4 Å². The van der Waals surface area contributed by atoms with Crippen molar-refractivity contribution in [2.45, 2.75) is 39.1 Å². The van der Waals surface area contributed by atoms with E-state index in [1.807, 2.05) is 29.3 Å². The van der Waals surface area contributed by atoms with Gasteiger partial charge in [0.15, 0.2) is 0 Å². The Hall–Kier alpha value is -2.80. The van der Waals surface area contributed by atoms with Crippen molar-refractivity contribution in [2.24, 2.45) is 0 Å². The first-order chi connectivity index (χ1) is 16.5. The topological polar surface area (TPSA) is 48.9 Å². The van der Waals surface area contributed by atoms with Crippen molar-refractivity contribution in [1.82, 2.24) is 19.7 Å². The fourth-order valence-electron chi connectivity index (χ4n) is 5.25. The van der Waals surface area contributed by atoms with Crippen LogP contribution in [0.4, 0.5) is 0 Å². The number of carbonyl (C=O) groups is 1. The summed E-state index contributed by atoms with van der Waals surface area (Å²) in [6.45, 7) is 11.2. The molecule has 3 aromatic rings. The first-order valence-corrected chi connectivity index (χ1v) is 12.4. The quantitative estimate of drug-likeness (QED) is 0.582. The summed E-state index contributed by atoms with van der Waals surface area (Å²) in [5.74, 6) is 0.131. The van der Waals surface area contributed by atoms with Gasteiger partial charge in [0.1, 0.15) is 0 Å². The Balaban J connectivity index is 1.15. The molecule has 2 aliphatic rings. The molecule has 2 unspecified atom stereocenters. The number of amides is 1. The molecule has 178 valence electrons. The Labute approximate surface area is 202 Å². The second-order valence-electron chi connectivity index (χ2n) is 9.71. The van der Waals surface area contributed by atoms with E-state index in [1.165, 1.54) is 16.5 Å². The number of piperazine rings is 1. The molecule has 3 heterocycles. The molecule has 6 heteroatoms. The zero-order valence-corrected chi connectivity index (χ0v) is 20.2. The van der Waals surface area contributed by atoms with Gasteiger partial charge in [-0.3, -0.25) is 19.6 Å². The summed E-state index contributed by atoms with van der Waals surface area (Å²) in [5.41, 5.74) is 4.34. The zero-order chi connectivity index (χ0) is 23.5. The summed E-state index contributed by atoms with van der Waals surface area (Å²) in [6.07, 6.45) is 2.38. The van der Waals surface area contributed by atoms with Crippen LogP contribution in [0.2, 0.25) is 0 Å². The molecule has 0 N–H and O–H groups in total. The number of ether oxygens (including phenoxy) is 1. The van der Waals surface area contributed by atoms with Crippen LogP contribution in [0.1, 0.15) is 35.3 Å². The van der Waals surface area contributed by atoms with Crippen molar-refractivity contribution in [3.8, 4) is 0 Å². The van der Waals surface area contributed by atoms with E-state index in [-0.39, 0.29) is 18.1 Å². The van der Waals surface area contributed by atoms with Crippen molar-refractivity contribution in [2.75, 3.05) is 39.3 Å². The lowest BCUT2D eigenvalue weighted by Gasteiger charge is -2.35. The van der Waals surface area contributed by atoms with Gasteiger partial charge in [-0.05, 0) is 43.2 Å². The molecule has 2 atom stereocenters. The smallest absolute Gasteiger partial charge is 0.253 e. The van der Waals surface area contributed by atoms with Gasteiger partial charge in [0, 0.05) is 69.5 Å². The molecule has 0 saturated carbocycles. The highest BCUT2D eigenvalue weighted by Crippen LogP contribution is 2.20. The SMILES string of the molecule is CC1CN(Cc2ccc(C(=O)N3CCN(Cc4cccc5cccnc45)CC3)cc2)CC(C)O1. The highest BCUT2D eigenvalue weighted by molar-refractivity contribution is 5.94. The fourth-order valence-corrected chi connectivity index (χ4v) is 5.25. The van der Waals surface area contributed by atoms with E-state index in [2.05, 4.69) is 65.0 Å². The second-order valence-corrected chi connectivity index (χ2v) is 9.71. The third-order valence-corrected chi connectivity index (χ3v) is 6.87. The minimum Gasteiger partial charge on any atom is -0.373 e. The molecule has 0 bridgehead atoms. The molecule has 1 aromatic heterocycles. The van der Waals surface area contributed by atoms with E-state index in [0.29, 0.717) is 0 Å². The number of rotatable bonds is 5.